The molecule has 1 aliphatic rings. The molecule has 3 N–H and O–H groups in total. The number of imidazole rings is 2. The lowest BCUT2D eigenvalue weighted by Crippen LogP contribution is -2.50. The minimum absolute atomic E-state index is 0.0727. The van der Waals surface area contributed by atoms with Gasteiger partial charge in [-0.15, -0.1) is 0 Å². The molecule has 1 amide bonds. The molecule has 0 radical (unpaired) electrons. The average molecular weight is 397 g/mol. The molecule has 1 saturated carbocycles. The first kappa shape index (κ1) is 19.6. The lowest BCUT2D eigenvalue weighted by molar-refractivity contribution is -0.128. The molecule has 0 saturated heterocycles. The van der Waals surface area contributed by atoms with Crippen molar-refractivity contribution in [2.24, 2.45) is 0 Å². The third-order valence-corrected chi connectivity index (χ3v) is 5.55. The van der Waals surface area contributed by atoms with Gasteiger partial charge in [-0.25, -0.2) is 9.97 Å². The zero-order valence-electron chi connectivity index (χ0n) is 16.8. The van der Waals surface area contributed by atoms with E-state index in [-0.39, 0.29) is 31.2 Å². The van der Waals surface area contributed by atoms with Crippen molar-refractivity contribution in [3.05, 3.63) is 47.8 Å². The zero-order chi connectivity index (χ0) is 20.4. The number of aliphatic hydroxyl groups excluding tert-OH is 1. The molecule has 8 heteroatoms. The molecule has 0 spiro atoms. The number of aromatic nitrogens is 4. The molecule has 0 bridgehead atoms. The topological polar surface area (TPSA) is 105 Å². The summed E-state index contributed by atoms with van der Waals surface area (Å²) in [4.78, 5) is 24.2. The van der Waals surface area contributed by atoms with Crippen molar-refractivity contribution in [1.82, 2.24) is 24.8 Å². The molecule has 3 atom stereocenters. The smallest absolute Gasteiger partial charge is 0.246 e. The van der Waals surface area contributed by atoms with Crippen LogP contribution in [0.1, 0.15) is 42.5 Å². The second-order valence-corrected chi connectivity index (χ2v) is 7.74. The number of rotatable bonds is 6. The Labute approximate surface area is 169 Å². The Morgan fingerprint density at radius 1 is 1.38 bits per heavy atom. The van der Waals surface area contributed by atoms with E-state index in [1.165, 1.54) is 0 Å². The maximum absolute atomic E-state index is 12.3. The zero-order valence-corrected chi connectivity index (χ0v) is 16.8. The van der Waals surface area contributed by atoms with Gasteiger partial charge in [-0.05, 0) is 50.8 Å². The van der Waals surface area contributed by atoms with Gasteiger partial charge < -0.3 is 24.7 Å². The molecule has 154 valence electrons. The van der Waals surface area contributed by atoms with Gasteiger partial charge in [0.25, 0.3) is 0 Å². The quantitative estimate of drug-likeness (QED) is 0.591. The number of benzene rings is 1. The first-order valence-electron chi connectivity index (χ1n) is 10.0. The highest BCUT2D eigenvalue weighted by atomic mass is 16.5. The monoisotopic (exact) mass is 397 g/mol. The summed E-state index contributed by atoms with van der Waals surface area (Å²) in [5.74, 6) is 1.32. The molecule has 3 aromatic rings. The van der Waals surface area contributed by atoms with E-state index >= 15 is 0 Å². The molecule has 29 heavy (non-hydrogen) atoms. The first-order valence-corrected chi connectivity index (χ1v) is 10.0. The van der Waals surface area contributed by atoms with Crippen LogP contribution < -0.4 is 5.32 Å². The van der Waals surface area contributed by atoms with Gasteiger partial charge in [0.15, 0.2) is 0 Å². The molecule has 4 rings (SSSR count). The number of H-pyrrole nitrogens is 1. The molecule has 1 fully saturated rings. The van der Waals surface area contributed by atoms with E-state index in [0.29, 0.717) is 5.82 Å². The highest BCUT2D eigenvalue weighted by Crippen LogP contribution is 2.29. The Hall–Kier alpha value is -2.71. The third-order valence-electron chi connectivity index (χ3n) is 5.55. The molecule has 1 aliphatic carbocycles. The Kier molecular flexibility index (Phi) is 5.64. The number of hydrogen-bond acceptors (Lipinski definition) is 5. The number of fused-ring (bicyclic) bond motifs is 1. The molecule has 2 heterocycles. The molecule has 0 unspecified atom stereocenters. The maximum atomic E-state index is 12.3. The van der Waals surface area contributed by atoms with Crippen molar-refractivity contribution in [3.8, 4) is 0 Å². The number of aliphatic hydroxyl groups is 1. The van der Waals surface area contributed by atoms with Gasteiger partial charge in [0.05, 0.1) is 29.2 Å². The summed E-state index contributed by atoms with van der Waals surface area (Å²) >= 11 is 0. The molecule has 1 aromatic carbocycles. The van der Waals surface area contributed by atoms with Crippen LogP contribution in [0.2, 0.25) is 0 Å². The molecular weight excluding hydrogens is 370 g/mol. The number of amides is 1. The van der Waals surface area contributed by atoms with Crippen LogP contribution in [0.3, 0.4) is 0 Å². The minimum Gasteiger partial charge on any atom is -0.389 e. The molecule has 0 aliphatic heterocycles. The van der Waals surface area contributed by atoms with E-state index in [2.05, 4.69) is 20.3 Å². The van der Waals surface area contributed by atoms with Gasteiger partial charge in [-0.1, -0.05) is 6.07 Å². The fourth-order valence-corrected chi connectivity index (χ4v) is 4.09. The van der Waals surface area contributed by atoms with E-state index in [4.69, 9.17) is 4.74 Å². The Bertz CT molecular complexity index is 995. The normalized spacial score (nSPS) is 22.1. The number of ether oxygens (including phenoxy) is 1. The van der Waals surface area contributed by atoms with Crippen LogP contribution in [0.4, 0.5) is 0 Å². The van der Waals surface area contributed by atoms with Gasteiger partial charge in [0, 0.05) is 12.4 Å². The van der Waals surface area contributed by atoms with Crippen molar-refractivity contribution >= 4 is 16.9 Å². The van der Waals surface area contributed by atoms with Crippen molar-refractivity contribution in [1.29, 1.82) is 0 Å². The van der Waals surface area contributed by atoms with Crippen LogP contribution in [0.25, 0.3) is 11.0 Å². The Morgan fingerprint density at radius 2 is 2.24 bits per heavy atom. The van der Waals surface area contributed by atoms with Crippen LogP contribution in [-0.2, 0) is 16.1 Å². The summed E-state index contributed by atoms with van der Waals surface area (Å²) < 4.78 is 7.52. The summed E-state index contributed by atoms with van der Waals surface area (Å²) in [7, 11) is 0. The van der Waals surface area contributed by atoms with Crippen LogP contribution >= 0.6 is 0 Å². The van der Waals surface area contributed by atoms with Crippen LogP contribution in [0, 0.1) is 13.8 Å². The fourth-order valence-electron chi connectivity index (χ4n) is 4.09. The van der Waals surface area contributed by atoms with Gasteiger partial charge in [-0.3, -0.25) is 4.79 Å². The number of carbonyl (C=O) groups excluding carboxylic acids is 1. The largest absolute Gasteiger partial charge is 0.389 e. The molecule has 2 aromatic heterocycles. The van der Waals surface area contributed by atoms with Crippen molar-refractivity contribution in [2.75, 3.05) is 6.61 Å². The standard InChI is InChI=1S/C21H27N5O3/c1-13-6-7-15-17(10-13)24-19(23-15)11-29-12-20(27)25-16-4-3-5-18(21(16)28)26-9-8-22-14(26)2/h6-10,16,18,21,28H,3-5,11-12H2,1-2H3,(H,23,24)(H,25,27)/t16-,18-,21-/m1/s1. The maximum Gasteiger partial charge on any atom is 0.246 e. The predicted octanol–water partition coefficient (Wildman–Crippen LogP) is 2.16. The SMILES string of the molecule is Cc1ccc2nc(COCC(=O)N[C@@H]3CCC[C@@H](n4ccnc4C)[C@@H]3O)[nH]c2c1. The highest BCUT2D eigenvalue weighted by Gasteiger charge is 2.34. The van der Waals surface area contributed by atoms with Gasteiger partial charge in [-0.2, -0.15) is 0 Å². The molecular formula is C21H27N5O3. The van der Waals surface area contributed by atoms with Crippen LogP contribution in [0.15, 0.2) is 30.6 Å². The van der Waals surface area contributed by atoms with Crippen molar-refractivity contribution in [3.63, 3.8) is 0 Å². The van der Waals surface area contributed by atoms with Crippen LogP contribution in [0.5, 0.6) is 0 Å². The van der Waals surface area contributed by atoms with E-state index < -0.39 is 6.10 Å². The third kappa shape index (κ3) is 4.33. The lowest BCUT2D eigenvalue weighted by atomic mass is 9.87. The summed E-state index contributed by atoms with van der Waals surface area (Å²) in [5.41, 5.74) is 2.99. The summed E-state index contributed by atoms with van der Waals surface area (Å²) in [6, 6.07) is 5.63. The number of aromatic amines is 1. The van der Waals surface area contributed by atoms with Crippen molar-refractivity contribution in [2.45, 2.75) is 57.9 Å². The van der Waals surface area contributed by atoms with E-state index in [1.54, 1.807) is 6.20 Å². The van der Waals surface area contributed by atoms with E-state index in [9.17, 15) is 9.90 Å². The average Bonchev–Trinajstić information content (AvgIpc) is 3.28. The number of hydrogen-bond donors (Lipinski definition) is 3. The van der Waals surface area contributed by atoms with Gasteiger partial charge >= 0.3 is 0 Å². The predicted molar refractivity (Wildman–Crippen MR) is 108 cm³/mol. The van der Waals surface area contributed by atoms with Crippen LogP contribution in [-0.4, -0.2) is 49.3 Å². The number of nitrogens with one attached hydrogen (secondary N) is 2. The van der Waals surface area contributed by atoms with Gasteiger partial charge in [0.2, 0.25) is 5.91 Å². The van der Waals surface area contributed by atoms with Gasteiger partial charge in [0.1, 0.15) is 24.9 Å². The second kappa shape index (κ2) is 8.34. The Morgan fingerprint density at radius 3 is 3.03 bits per heavy atom. The van der Waals surface area contributed by atoms with E-state index in [0.717, 1.165) is 41.7 Å². The summed E-state index contributed by atoms with van der Waals surface area (Å²) in [6.07, 6.45) is 5.51. The lowest BCUT2D eigenvalue weighted by Gasteiger charge is -2.36. The van der Waals surface area contributed by atoms with E-state index in [1.807, 2.05) is 42.8 Å². The number of aryl methyl sites for hydroxylation is 2. The highest BCUT2D eigenvalue weighted by molar-refractivity contribution is 5.77. The number of nitrogens with zero attached hydrogens (tertiary/aromatic N) is 3. The number of carbonyl (C=O) groups is 1. The van der Waals surface area contributed by atoms with Crippen molar-refractivity contribution < 1.29 is 14.6 Å². The molecule has 8 nitrogen and oxygen atoms in total. The summed E-state index contributed by atoms with van der Waals surface area (Å²) in [6.45, 7) is 4.10. The second-order valence-electron chi connectivity index (χ2n) is 7.74. The first-order chi connectivity index (χ1) is 14.0. The summed E-state index contributed by atoms with van der Waals surface area (Å²) in [5, 5.41) is 13.7. The fraction of sp³-hybridized carbons (Fsp3) is 0.476. The Balaban J connectivity index is 1.29. The minimum atomic E-state index is -0.654.